The Hall–Kier alpha value is -2.77. The van der Waals surface area contributed by atoms with Crippen molar-refractivity contribution in [2.75, 3.05) is 5.32 Å². The summed E-state index contributed by atoms with van der Waals surface area (Å²) in [5.74, 6) is 0.109. The number of anilines is 1. The number of hydrogen-bond donors (Lipinski definition) is 1. The van der Waals surface area contributed by atoms with E-state index in [2.05, 4.69) is 15.5 Å². The van der Waals surface area contributed by atoms with Crippen LogP contribution in [0.15, 0.2) is 71.1 Å². The Bertz CT molecular complexity index is 1110. The highest BCUT2D eigenvalue weighted by Gasteiger charge is 2.11. The molecule has 4 nitrogen and oxygen atoms in total. The number of hydrogen-bond acceptors (Lipinski definition) is 5. The minimum absolute atomic E-state index is 0.224. The van der Waals surface area contributed by atoms with Gasteiger partial charge in [-0.3, -0.25) is 10.1 Å². The smallest absolute Gasteiger partial charge is 0.257 e. The molecule has 7 heteroatoms. The van der Waals surface area contributed by atoms with E-state index in [9.17, 15) is 9.18 Å². The molecule has 0 radical (unpaired) electrons. The van der Waals surface area contributed by atoms with Crippen LogP contribution in [0.1, 0.15) is 15.9 Å². The van der Waals surface area contributed by atoms with Gasteiger partial charge in [0, 0.05) is 11.3 Å². The van der Waals surface area contributed by atoms with Crippen LogP contribution in [0.25, 0.3) is 10.8 Å². The first kappa shape index (κ1) is 17.6. The largest absolute Gasteiger partial charge is 0.296 e. The van der Waals surface area contributed by atoms with Crippen LogP contribution in [-0.2, 0) is 5.75 Å². The first-order valence-corrected chi connectivity index (χ1v) is 9.98. The summed E-state index contributed by atoms with van der Waals surface area (Å²) in [6.07, 6.45) is 0. The van der Waals surface area contributed by atoms with E-state index in [4.69, 9.17) is 0 Å². The highest BCUT2D eigenvalue weighted by atomic mass is 32.2. The van der Waals surface area contributed by atoms with Gasteiger partial charge in [0.05, 0.1) is 0 Å². The summed E-state index contributed by atoms with van der Waals surface area (Å²) in [5.41, 5.74) is 1.44. The van der Waals surface area contributed by atoms with Gasteiger partial charge < -0.3 is 0 Å². The van der Waals surface area contributed by atoms with Gasteiger partial charge in [-0.2, -0.15) is 0 Å². The number of carbonyl (C=O) groups excluding carboxylic acids is 1. The van der Waals surface area contributed by atoms with Crippen LogP contribution in [0.3, 0.4) is 0 Å². The molecule has 0 saturated heterocycles. The Labute approximate surface area is 163 Å². The van der Waals surface area contributed by atoms with Crippen LogP contribution in [0.2, 0.25) is 0 Å². The van der Waals surface area contributed by atoms with E-state index in [1.165, 1.54) is 35.2 Å². The highest BCUT2D eigenvalue weighted by molar-refractivity contribution is 8.00. The molecular formula is C20H14FN3OS2. The molecule has 0 spiro atoms. The molecule has 1 N–H and O–H groups in total. The third-order valence-electron chi connectivity index (χ3n) is 3.89. The second kappa shape index (κ2) is 7.85. The SMILES string of the molecule is O=C(Nc1nnc(SCc2cccc(F)c2)s1)c1ccc2ccccc2c1. The number of rotatable bonds is 5. The normalized spacial score (nSPS) is 10.9. The summed E-state index contributed by atoms with van der Waals surface area (Å²) < 4.78 is 13.9. The van der Waals surface area contributed by atoms with Gasteiger partial charge in [-0.15, -0.1) is 10.2 Å². The van der Waals surface area contributed by atoms with E-state index in [0.29, 0.717) is 20.8 Å². The molecule has 27 heavy (non-hydrogen) atoms. The number of halogens is 1. The molecule has 134 valence electrons. The van der Waals surface area contributed by atoms with Crippen molar-refractivity contribution in [3.63, 3.8) is 0 Å². The van der Waals surface area contributed by atoms with Gasteiger partial charge in [-0.05, 0) is 40.6 Å². The van der Waals surface area contributed by atoms with Crippen LogP contribution in [0.4, 0.5) is 9.52 Å². The average Bonchev–Trinajstić information content (AvgIpc) is 3.13. The summed E-state index contributed by atoms with van der Waals surface area (Å²) in [7, 11) is 0. The lowest BCUT2D eigenvalue weighted by Crippen LogP contribution is -2.11. The number of benzene rings is 3. The fourth-order valence-electron chi connectivity index (χ4n) is 2.59. The highest BCUT2D eigenvalue weighted by Crippen LogP contribution is 2.28. The molecule has 0 bridgehead atoms. The maximum Gasteiger partial charge on any atom is 0.257 e. The number of thioether (sulfide) groups is 1. The number of aromatic nitrogens is 2. The molecule has 0 aliphatic carbocycles. The van der Waals surface area contributed by atoms with E-state index >= 15 is 0 Å². The Balaban J connectivity index is 1.41. The van der Waals surface area contributed by atoms with Crippen LogP contribution < -0.4 is 5.32 Å². The van der Waals surface area contributed by atoms with E-state index in [1.807, 2.05) is 42.5 Å². The molecule has 3 aromatic carbocycles. The molecule has 0 aliphatic rings. The van der Waals surface area contributed by atoms with Crippen molar-refractivity contribution in [1.29, 1.82) is 0 Å². The van der Waals surface area contributed by atoms with E-state index in [1.54, 1.807) is 12.1 Å². The zero-order valence-electron chi connectivity index (χ0n) is 14.1. The Morgan fingerprint density at radius 2 is 1.85 bits per heavy atom. The standard InChI is InChI=1S/C20H14FN3OS2/c21-17-7-3-4-13(10-17)12-26-20-24-23-19(27-20)22-18(25)16-9-8-14-5-1-2-6-15(14)11-16/h1-11H,12H2,(H,22,23,25). The maximum absolute atomic E-state index is 13.2. The number of nitrogens with zero attached hydrogens (tertiary/aromatic N) is 2. The molecular weight excluding hydrogens is 381 g/mol. The molecule has 0 unspecified atom stereocenters. The monoisotopic (exact) mass is 395 g/mol. The van der Waals surface area contributed by atoms with E-state index in [-0.39, 0.29) is 11.7 Å². The van der Waals surface area contributed by atoms with Gasteiger partial charge in [-0.25, -0.2) is 4.39 Å². The van der Waals surface area contributed by atoms with Crippen molar-refractivity contribution in [2.24, 2.45) is 0 Å². The minimum atomic E-state index is -0.256. The summed E-state index contributed by atoms with van der Waals surface area (Å²) in [6, 6.07) is 19.9. The third kappa shape index (κ3) is 4.32. The summed E-state index contributed by atoms with van der Waals surface area (Å²) in [6.45, 7) is 0. The van der Waals surface area contributed by atoms with Gasteiger partial charge in [0.25, 0.3) is 5.91 Å². The van der Waals surface area contributed by atoms with Crippen molar-refractivity contribution in [3.8, 4) is 0 Å². The topological polar surface area (TPSA) is 54.9 Å². The first-order valence-electron chi connectivity index (χ1n) is 8.18. The molecule has 1 aromatic heterocycles. The summed E-state index contributed by atoms with van der Waals surface area (Å²) in [5, 5.41) is 13.4. The Morgan fingerprint density at radius 3 is 2.70 bits per heavy atom. The number of amides is 1. The number of fused-ring (bicyclic) bond motifs is 1. The number of nitrogens with one attached hydrogen (secondary N) is 1. The molecule has 1 amide bonds. The van der Waals surface area contributed by atoms with Crippen molar-refractivity contribution in [3.05, 3.63) is 83.7 Å². The fourth-order valence-corrected chi connectivity index (χ4v) is 4.28. The molecule has 0 saturated carbocycles. The number of carbonyl (C=O) groups is 1. The molecule has 1 heterocycles. The van der Waals surface area contributed by atoms with Crippen molar-refractivity contribution in [1.82, 2.24) is 10.2 Å². The molecule has 0 fully saturated rings. The summed E-state index contributed by atoms with van der Waals surface area (Å²) >= 11 is 2.75. The first-order chi connectivity index (χ1) is 13.2. The molecule has 4 rings (SSSR count). The lowest BCUT2D eigenvalue weighted by molar-refractivity contribution is 0.102. The quantitative estimate of drug-likeness (QED) is 0.364. The predicted molar refractivity (Wildman–Crippen MR) is 108 cm³/mol. The second-order valence-electron chi connectivity index (χ2n) is 5.81. The van der Waals surface area contributed by atoms with Crippen LogP contribution >= 0.6 is 23.1 Å². The summed E-state index contributed by atoms with van der Waals surface area (Å²) in [4.78, 5) is 12.5. The van der Waals surface area contributed by atoms with Crippen molar-refractivity contribution in [2.45, 2.75) is 10.1 Å². The van der Waals surface area contributed by atoms with Crippen molar-refractivity contribution >= 4 is 44.9 Å². The average molecular weight is 395 g/mol. The Kier molecular flexibility index (Phi) is 5.13. The van der Waals surface area contributed by atoms with Crippen LogP contribution in [-0.4, -0.2) is 16.1 Å². The van der Waals surface area contributed by atoms with Crippen LogP contribution in [0, 0.1) is 5.82 Å². The minimum Gasteiger partial charge on any atom is -0.296 e. The van der Waals surface area contributed by atoms with E-state index < -0.39 is 0 Å². The van der Waals surface area contributed by atoms with Gasteiger partial charge in [0.15, 0.2) is 4.34 Å². The molecule has 0 atom stereocenters. The molecule has 4 aromatic rings. The third-order valence-corrected chi connectivity index (χ3v) is 5.93. The molecule has 0 aliphatic heterocycles. The zero-order chi connectivity index (χ0) is 18.6. The Morgan fingerprint density at radius 1 is 1.00 bits per heavy atom. The lowest BCUT2D eigenvalue weighted by Gasteiger charge is -2.03. The van der Waals surface area contributed by atoms with E-state index in [0.717, 1.165) is 16.3 Å². The lowest BCUT2D eigenvalue weighted by atomic mass is 10.1. The van der Waals surface area contributed by atoms with Crippen molar-refractivity contribution < 1.29 is 9.18 Å². The van der Waals surface area contributed by atoms with Gasteiger partial charge in [0.2, 0.25) is 5.13 Å². The van der Waals surface area contributed by atoms with Gasteiger partial charge >= 0.3 is 0 Å². The zero-order valence-corrected chi connectivity index (χ0v) is 15.7. The van der Waals surface area contributed by atoms with Crippen LogP contribution in [0.5, 0.6) is 0 Å². The van der Waals surface area contributed by atoms with Gasteiger partial charge in [-0.1, -0.05) is 65.6 Å². The predicted octanol–water partition coefficient (Wildman–Crippen LogP) is 5.38. The van der Waals surface area contributed by atoms with Gasteiger partial charge in [0.1, 0.15) is 5.82 Å². The second-order valence-corrected chi connectivity index (χ2v) is 8.01. The maximum atomic E-state index is 13.2. The fraction of sp³-hybridized carbons (Fsp3) is 0.0500.